The van der Waals surface area contributed by atoms with E-state index in [9.17, 15) is 13.6 Å². The molecule has 0 fully saturated rings. The lowest BCUT2D eigenvalue weighted by atomic mass is 9.75. The van der Waals surface area contributed by atoms with Crippen molar-refractivity contribution in [1.29, 1.82) is 0 Å². The molecule has 1 aliphatic carbocycles. The summed E-state index contributed by atoms with van der Waals surface area (Å²) in [6.45, 7) is 3.48. The van der Waals surface area contributed by atoms with Gasteiger partial charge in [0.2, 0.25) is 0 Å². The van der Waals surface area contributed by atoms with Crippen molar-refractivity contribution < 1.29 is 18.0 Å². The highest BCUT2D eigenvalue weighted by molar-refractivity contribution is 5.74. The maximum Gasteiger partial charge on any atom is 0.319 e. The number of alkyl halides is 2. The zero-order valence-electron chi connectivity index (χ0n) is 15.4. The third kappa shape index (κ3) is 3.73. The lowest BCUT2D eigenvalue weighted by molar-refractivity contribution is 0.0650. The number of hydrogen-bond donors (Lipinski definition) is 1. The van der Waals surface area contributed by atoms with Crippen molar-refractivity contribution >= 4 is 6.03 Å². The second-order valence-corrected chi connectivity index (χ2v) is 7.67. The van der Waals surface area contributed by atoms with Crippen LogP contribution in [0.3, 0.4) is 0 Å². The maximum atomic E-state index is 12.9. The molecule has 6 nitrogen and oxygen atoms in total. The first kappa shape index (κ1) is 18.4. The molecular weight excluding hydrogens is 342 g/mol. The molecule has 1 aliphatic rings. The van der Waals surface area contributed by atoms with E-state index in [2.05, 4.69) is 24.1 Å². The zero-order chi connectivity index (χ0) is 19.1. The molecule has 8 heteroatoms. The number of aromatic nitrogens is 2. The Kier molecular flexibility index (Phi) is 4.77. The average Bonchev–Trinajstić information content (AvgIpc) is 3.11. The van der Waals surface area contributed by atoms with Crippen LogP contribution < -0.4 is 5.32 Å². The number of urea groups is 1. The van der Waals surface area contributed by atoms with E-state index in [0.29, 0.717) is 0 Å². The molecule has 1 unspecified atom stereocenters. The Balaban J connectivity index is 1.72. The van der Waals surface area contributed by atoms with Crippen molar-refractivity contribution in [3.8, 4) is 0 Å². The molecule has 1 N–H and O–H groups in total. The van der Waals surface area contributed by atoms with Crippen LogP contribution >= 0.6 is 0 Å². The van der Waals surface area contributed by atoms with Gasteiger partial charge in [-0.2, -0.15) is 8.78 Å². The van der Waals surface area contributed by atoms with Gasteiger partial charge in [0.25, 0.3) is 0 Å². The number of furan rings is 1. The minimum Gasteiger partial charge on any atom is -0.466 e. The van der Waals surface area contributed by atoms with E-state index in [1.54, 1.807) is 7.05 Å². The molecule has 0 bridgehead atoms. The first-order chi connectivity index (χ1) is 12.2. The summed E-state index contributed by atoms with van der Waals surface area (Å²) in [7, 11) is 1.56. The van der Waals surface area contributed by atoms with Crippen molar-refractivity contribution in [1.82, 2.24) is 19.8 Å². The van der Waals surface area contributed by atoms with Crippen molar-refractivity contribution in [2.24, 2.45) is 5.41 Å². The number of nitrogens with zero attached hydrogens (tertiary/aromatic N) is 3. The van der Waals surface area contributed by atoms with E-state index in [0.717, 1.165) is 34.5 Å². The monoisotopic (exact) mass is 366 g/mol. The molecule has 1 atom stereocenters. The molecule has 0 radical (unpaired) electrons. The summed E-state index contributed by atoms with van der Waals surface area (Å²) in [5, 5.41) is 3.01. The van der Waals surface area contributed by atoms with Crippen molar-refractivity contribution in [3.63, 3.8) is 0 Å². The number of rotatable bonds is 4. The molecule has 2 amide bonds. The SMILES string of the molecule is Cc1cc2c(o1)CC(C)(C)CC2NC(=O)N(C)Cc1nccn1C(F)F. The highest BCUT2D eigenvalue weighted by Gasteiger charge is 2.36. The van der Waals surface area contributed by atoms with E-state index >= 15 is 0 Å². The van der Waals surface area contributed by atoms with Gasteiger partial charge in [-0.1, -0.05) is 13.8 Å². The molecule has 2 heterocycles. The van der Waals surface area contributed by atoms with E-state index in [-0.39, 0.29) is 29.9 Å². The topological polar surface area (TPSA) is 63.3 Å². The summed E-state index contributed by atoms with van der Waals surface area (Å²) in [5.74, 6) is 1.86. The second-order valence-electron chi connectivity index (χ2n) is 7.67. The zero-order valence-corrected chi connectivity index (χ0v) is 15.4. The van der Waals surface area contributed by atoms with Crippen molar-refractivity contribution in [3.05, 3.63) is 41.4 Å². The molecule has 0 aliphatic heterocycles. The van der Waals surface area contributed by atoms with Crippen LogP contribution in [0, 0.1) is 12.3 Å². The highest BCUT2D eigenvalue weighted by atomic mass is 19.3. The van der Waals surface area contributed by atoms with E-state index in [1.165, 1.54) is 17.3 Å². The van der Waals surface area contributed by atoms with Crippen LogP contribution in [0.25, 0.3) is 0 Å². The number of halogens is 2. The van der Waals surface area contributed by atoms with Gasteiger partial charge < -0.3 is 14.6 Å². The lowest BCUT2D eigenvalue weighted by Gasteiger charge is -2.35. The summed E-state index contributed by atoms with van der Waals surface area (Å²) in [4.78, 5) is 17.9. The number of fused-ring (bicyclic) bond motifs is 1. The first-order valence-corrected chi connectivity index (χ1v) is 8.57. The van der Waals surface area contributed by atoms with E-state index < -0.39 is 6.55 Å². The molecule has 2 aromatic heterocycles. The fourth-order valence-corrected chi connectivity index (χ4v) is 3.50. The van der Waals surface area contributed by atoms with Gasteiger partial charge in [0, 0.05) is 31.4 Å². The third-order valence-electron chi connectivity index (χ3n) is 4.72. The van der Waals surface area contributed by atoms with Gasteiger partial charge in [0.15, 0.2) is 0 Å². The molecule has 26 heavy (non-hydrogen) atoms. The molecule has 2 aromatic rings. The van der Waals surface area contributed by atoms with E-state index in [4.69, 9.17) is 4.42 Å². The number of nitrogens with one attached hydrogen (secondary N) is 1. The van der Waals surface area contributed by atoms with Crippen molar-refractivity contribution in [2.45, 2.75) is 52.7 Å². The van der Waals surface area contributed by atoms with Crippen LogP contribution in [0.2, 0.25) is 0 Å². The Bertz CT molecular complexity index is 797. The molecule has 0 aromatic carbocycles. The second kappa shape index (κ2) is 6.74. The van der Waals surface area contributed by atoms with Gasteiger partial charge >= 0.3 is 12.6 Å². The molecule has 0 saturated carbocycles. The predicted octanol–water partition coefficient (Wildman–Crippen LogP) is 4.03. The lowest BCUT2D eigenvalue weighted by Crippen LogP contribution is -2.42. The molecule has 3 rings (SSSR count). The number of carbonyl (C=O) groups excluding carboxylic acids is 1. The largest absolute Gasteiger partial charge is 0.466 e. The Morgan fingerprint density at radius 1 is 1.54 bits per heavy atom. The smallest absolute Gasteiger partial charge is 0.319 e. The van der Waals surface area contributed by atoms with Crippen LogP contribution in [-0.2, 0) is 13.0 Å². The highest BCUT2D eigenvalue weighted by Crippen LogP contribution is 2.42. The number of imidazole rings is 1. The summed E-state index contributed by atoms with van der Waals surface area (Å²) >= 11 is 0. The Morgan fingerprint density at radius 3 is 2.96 bits per heavy atom. The number of aryl methyl sites for hydroxylation is 1. The normalized spacial score (nSPS) is 18.7. The molecule has 0 spiro atoms. The van der Waals surface area contributed by atoms with Gasteiger partial charge in [-0.05, 0) is 24.8 Å². The molecule has 0 saturated heterocycles. The van der Waals surface area contributed by atoms with Gasteiger partial charge in [0.1, 0.15) is 17.3 Å². The fraction of sp³-hybridized carbons (Fsp3) is 0.556. The van der Waals surface area contributed by atoms with Crippen LogP contribution in [0.5, 0.6) is 0 Å². The summed E-state index contributed by atoms with van der Waals surface area (Å²) < 4.78 is 32.4. The van der Waals surface area contributed by atoms with Crippen LogP contribution in [0.15, 0.2) is 22.9 Å². The summed E-state index contributed by atoms with van der Waals surface area (Å²) in [6.07, 6.45) is 4.11. The molecular formula is C18H24F2N4O2. The van der Waals surface area contributed by atoms with Crippen LogP contribution in [0.1, 0.15) is 55.8 Å². The first-order valence-electron chi connectivity index (χ1n) is 8.57. The van der Waals surface area contributed by atoms with Gasteiger partial charge in [-0.3, -0.25) is 4.57 Å². The van der Waals surface area contributed by atoms with E-state index in [1.807, 2.05) is 13.0 Å². The number of hydrogen-bond acceptors (Lipinski definition) is 3. The Hall–Kier alpha value is -2.38. The Labute approximate surface area is 151 Å². The third-order valence-corrected chi connectivity index (χ3v) is 4.72. The quantitative estimate of drug-likeness (QED) is 0.888. The van der Waals surface area contributed by atoms with Gasteiger partial charge in [0.05, 0.1) is 12.6 Å². The minimum absolute atomic E-state index is 0.000256. The average molecular weight is 366 g/mol. The molecule has 142 valence electrons. The maximum absolute atomic E-state index is 12.9. The number of carbonyl (C=O) groups is 1. The minimum atomic E-state index is -2.68. The van der Waals surface area contributed by atoms with Gasteiger partial charge in [-0.15, -0.1) is 0 Å². The predicted molar refractivity (Wildman–Crippen MR) is 91.8 cm³/mol. The van der Waals surface area contributed by atoms with Gasteiger partial charge in [-0.25, -0.2) is 9.78 Å². The van der Waals surface area contributed by atoms with Crippen LogP contribution in [0.4, 0.5) is 13.6 Å². The summed E-state index contributed by atoms with van der Waals surface area (Å²) in [5.41, 5.74) is 0.998. The standard InChI is InChI=1S/C18H24F2N4O2/c1-11-7-12-13(8-18(2,3)9-14(12)26-11)22-17(25)23(4)10-15-21-5-6-24(15)16(19)20/h5-7,13,16H,8-10H2,1-4H3,(H,22,25). The number of amides is 2. The summed E-state index contributed by atoms with van der Waals surface area (Å²) in [6, 6.07) is 1.45. The fourth-order valence-electron chi connectivity index (χ4n) is 3.50. The van der Waals surface area contributed by atoms with Crippen LogP contribution in [-0.4, -0.2) is 27.5 Å². The Morgan fingerprint density at radius 2 is 2.27 bits per heavy atom. The van der Waals surface area contributed by atoms with Crippen molar-refractivity contribution in [2.75, 3.05) is 7.05 Å².